The molecular weight excluding hydrogens is 410 g/mol. The number of hydrogen-bond acceptors (Lipinski definition) is 3. The Morgan fingerprint density at radius 2 is 1.64 bits per heavy atom. The standard InChI is InChI=1S/C28H37N3O2/c1-3-27(32)31-19-18-24-13-9-14-25(29(24)2)21-30(20-23-12-7-8-15-26(23)31)28(33)17-16-22-10-5-4-6-11-22/h4-8,10-12,15,24-25H,3,9,13-14,16-21H2,1-2H3. The van der Waals surface area contributed by atoms with Crippen LogP contribution in [0.1, 0.15) is 56.6 Å². The van der Waals surface area contributed by atoms with E-state index in [0.717, 1.165) is 50.0 Å². The van der Waals surface area contributed by atoms with Gasteiger partial charge < -0.3 is 9.80 Å². The van der Waals surface area contributed by atoms with Crippen molar-refractivity contribution in [3.8, 4) is 0 Å². The van der Waals surface area contributed by atoms with E-state index in [1.54, 1.807) is 0 Å². The Morgan fingerprint density at radius 3 is 2.42 bits per heavy atom. The molecular formula is C28H37N3O2. The van der Waals surface area contributed by atoms with Crippen LogP contribution >= 0.6 is 0 Å². The molecule has 2 aliphatic rings. The van der Waals surface area contributed by atoms with E-state index in [2.05, 4.69) is 30.1 Å². The van der Waals surface area contributed by atoms with Gasteiger partial charge in [-0.1, -0.05) is 61.9 Å². The first-order valence-corrected chi connectivity index (χ1v) is 12.5. The van der Waals surface area contributed by atoms with Crippen LogP contribution in [0.2, 0.25) is 0 Å². The zero-order chi connectivity index (χ0) is 23.2. The van der Waals surface area contributed by atoms with Crippen molar-refractivity contribution in [1.29, 1.82) is 0 Å². The highest BCUT2D eigenvalue weighted by Gasteiger charge is 2.32. The van der Waals surface area contributed by atoms with Gasteiger partial charge >= 0.3 is 0 Å². The lowest BCUT2D eigenvalue weighted by molar-refractivity contribution is -0.133. The third-order valence-electron chi connectivity index (χ3n) is 7.41. The second kappa shape index (κ2) is 11.0. The molecule has 2 atom stereocenters. The van der Waals surface area contributed by atoms with Gasteiger partial charge in [-0.05, 0) is 49.9 Å². The number of hydrogen-bond donors (Lipinski definition) is 0. The summed E-state index contributed by atoms with van der Waals surface area (Å²) < 4.78 is 0. The van der Waals surface area contributed by atoms with Gasteiger partial charge in [0, 0.05) is 50.2 Å². The number of nitrogens with zero attached hydrogens (tertiary/aromatic N) is 3. The number of aryl methyl sites for hydroxylation is 1. The molecule has 1 fully saturated rings. The van der Waals surface area contributed by atoms with E-state index in [9.17, 15) is 9.59 Å². The molecule has 0 saturated carbocycles. The number of likely N-dealkylation sites (N-methyl/N-ethyl adjacent to an activating group) is 1. The molecule has 0 aromatic heterocycles. The Morgan fingerprint density at radius 1 is 0.909 bits per heavy atom. The zero-order valence-corrected chi connectivity index (χ0v) is 20.1. The van der Waals surface area contributed by atoms with E-state index >= 15 is 0 Å². The number of carbonyl (C=O) groups is 2. The summed E-state index contributed by atoms with van der Waals surface area (Å²) in [5.74, 6) is 0.343. The Kier molecular flexibility index (Phi) is 7.81. The smallest absolute Gasteiger partial charge is 0.226 e. The molecule has 176 valence electrons. The fraction of sp³-hybridized carbons (Fsp3) is 0.500. The summed E-state index contributed by atoms with van der Waals surface area (Å²) in [6, 6.07) is 19.2. The van der Waals surface area contributed by atoms with Crippen LogP contribution in [0.4, 0.5) is 5.69 Å². The van der Waals surface area contributed by atoms with Gasteiger partial charge in [0.2, 0.25) is 11.8 Å². The Bertz CT molecular complexity index is 945. The number of fused-ring (bicyclic) bond motifs is 3. The number of anilines is 1. The highest BCUT2D eigenvalue weighted by Crippen LogP contribution is 2.30. The third kappa shape index (κ3) is 5.64. The quantitative estimate of drug-likeness (QED) is 0.685. The number of carbonyl (C=O) groups excluding carboxylic acids is 2. The molecule has 2 aliphatic heterocycles. The van der Waals surface area contributed by atoms with E-state index in [-0.39, 0.29) is 11.8 Å². The molecule has 5 nitrogen and oxygen atoms in total. The average Bonchev–Trinajstić information content (AvgIpc) is 2.86. The fourth-order valence-corrected chi connectivity index (χ4v) is 5.39. The summed E-state index contributed by atoms with van der Waals surface area (Å²) in [5.41, 5.74) is 3.22. The van der Waals surface area contributed by atoms with Gasteiger partial charge in [-0.15, -0.1) is 0 Å². The van der Waals surface area contributed by atoms with Crippen molar-refractivity contribution >= 4 is 17.5 Å². The van der Waals surface area contributed by atoms with Crippen molar-refractivity contribution in [3.63, 3.8) is 0 Å². The molecule has 4 rings (SSSR count). The summed E-state index contributed by atoms with van der Waals surface area (Å²) in [5, 5.41) is 0. The van der Waals surface area contributed by atoms with Crippen LogP contribution in [-0.2, 0) is 22.6 Å². The molecule has 0 aliphatic carbocycles. The number of piperidine rings is 1. The van der Waals surface area contributed by atoms with Gasteiger partial charge in [0.25, 0.3) is 0 Å². The van der Waals surface area contributed by atoms with Crippen LogP contribution < -0.4 is 4.90 Å². The number of para-hydroxylation sites is 1. The van der Waals surface area contributed by atoms with Crippen LogP contribution in [0.3, 0.4) is 0 Å². The predicted octanol–water partition coefficient (Wildman–Crippen LogP) is 4.65. The largest absolute Gasteiger partial charge is 0.337 e. The molecule has 33 heavy (non-hydrogen) atoms. The molecule has 2 aromatic carbocycles. The number of amides is 2. The summed E-state index contributed by atoms with van der Waals surface area (Å²) >= 11 is 0. The maximum atomic E-state index is 13.5. The average molecular weight is 448 g/mol. The van der Waals surface area contributed by atoms with Gasteiger partial charge in [0.05, 0.1) is 0 Å². The fourth-order valence-electron chi connectivity index (χ4n) is 5.39. The minimum atomic E-state index is 0.152. The molecule has 2 unspecified atom stereocenters. The van der Waals surface area contributed by atoms with Gasteiger partial charge in [-0.2, -0.15) is 0 Å². The molecule has 2 heterocycles. The molecule has 0 N–H and O–H groups in total. The minimum absolute atomic E-state index is 0.152. The first-order valence-electron chi connectivity index (χ1n) is 12.5. The first-order chi connectivity index (χ1) is 16.1. The lowest BCUT2D eigenvalue weighted by Gasteiger charge is -2.42. The molecule has 2 aromatic rings. The van der Waals surface area contributed by atoms with Crippen LogP contribution in [0.5, 0.6) is 0 Å². The summed E-state index contributed by atoms with van der Waals surface area (Å²) in [4.78, 5) is 32.9. The van der Waals surface area contributed by atoms with Crippen LogP contribution in [0.15, 0.2) is 54.6 Å². The van der Waals surface area contributed by atoms with Gasteiger partial charge in [-0.25, -0.2) is 0 Å². The SMILES string of the molecule is CCC(=O)N1CCC2CCCC(CN(C(=O)CCc3ccccc3)Cc3ccccc31)N2C. The van der Waals surface area contributed by atoms with E-state index in [0.29, 0.717) is 31.5 Å². The second-order valence-corrected chi connectivity index (χ2v) is 9.48. The summed E-state index contributed by atoms with van der Waals surface area (Å²) in [7, 11) is 2.21. The first kappa shape index (κ1) is 23.5. The summed E-state index contributed by atoms with van der Waals surface area (Å²) in [6.07, 6.45) is 6.16. The number of benzene rings is 2. The van der Waals surface area contributed by atoms with Gasteiger partial charge in [0.15, 0.2) is 0 Å². The van der Waals surface area contributed by atoms with E-state index < -0.39 is 0 Å². The number of rotatable bonds is 4. The van der Waals surface area contributed by atoms with E-state index in [1.165, 1.54) is 12.0 Å². The van der Waals surface area contributed by atoms with E-state index in [4.69, 9.17) is 0 Å². The van der Waals surface area contributed by atoms with Crippen molar-refractivity contribution < 1.29 is 9.59 Å². The van der Waals surface area contributed by atoms with Gasteiger partial charge in [-0.3, -0.25) is 14.5 Å². The maximum absolute atomic E-state index is 13.5. The Hall–Kier alpha value is -2.66. The normalized spacial score (nSPS) is 21.8. The van der Waals surface area contributed by atoms with Crippen LogP contribution in [-0.4, -0.2) is 53.8 Å². The minimum Gasteiger partial charge on any atom is -0.337 e. The lowest BCUT2D eigenvalue weighted by Crippen LogP contribution is -2.50. The molecule has 1 saturated heterocycles. The van der Waals surface area contributed by atoms with Crippen molar-refractivity contribution in [2.75, 3.05) is 25.0 Å². The van der Waals surface area contributed by atoms with Crippen LogP contribution in [0.25, 0.3) is 0 Å². The second-order valence-electron chi connectivity index (χ2n) is 9.48. The highest BCUT2D eigenvalue weighted by molar-refractivity contribution is 5.94. The topological polar surface area (TPSA) is 43.9 Å². The monoisotopic (exact) mass is 447 g/mol. The van der Waals surface area contributed by atoms with Crippen molar-refractivity contribution in [1.82, 2.24) is 9.80 Å². The zero-order valence-electron chi connectivity index (χ0n) is 20.1. The predicted molar refractivity (Wildman–Crippen MR) is 133 cm³/mol. The molecule has 2 amide bonds. The summed E-state index contributed by atoms with van der Waals surface area (Å²) in [6.45, 7) is 3.95. The Balaban J connectivity index is 1.64. The molecule has 5 heteroatoms. The van der Waals surface area contributed by atoms with Crippen molar-refractivity contribution in [2.24, 2.45) is 0 Å². The van der Waals surface area contributed by atoms with Crippen LogP contribution in [0, 0.1) is 0 Å². The van der Waals surface area contributed by atoms with Crippen molar-refractivity contribution in [3.05, 3.63) is 65.7 Å². The molecule has 0 spiro atoms. The molecule has 0 radical (unpaired) electrons. The highest BCUT2D eigenvalue weighted by atomic mass is 16.2. The van der Waals surface area contributed by atoms with Crippen molar-refractivity contribution in [2.45, 2.75) is 70.5 Å². The lowest BCUT2D eigenvalue weighted by atomic mass is 9.93. The van der Waals surface area contributed by atoms with Gasteiger partial charge in [0.1, 0.15) is 0 Å². The third-order valence-corrected chi connectivity index (χ3v) is 7.41. The van der Waals surface area contributed by atoms with E-state index in [1.807, 2.05) is 53.1 Å². The molecule has 2 bridgehead atoms. The Labute approximate surface area is 198 Å². The maximum Gasteiger partial charge on any atom is 0.226 e.